The number of halogens is 1. The van der Waals surface area contributed by atoms with E-state index in [1.165, 1.54) is 0 Å². The van der Waals surface area contributed by atoms with Crippen LogP contribution in [0.2, 0.25) is 5.02 Å². The molecule has 0 N–H and O–H groups in total. The standard InChI is InChI=1S/C22H23ClN4O3/c1-15-20(16(2)30-25-15)14-29-19-6-3-17(4-7-19)22(28)27-11-9-26(10-12-27)21-8-5-18(23)13-24-21/h3-8,13H,9-12,14H2,1-2H3. The molecule has 8 heteroatoms. The van der Waals surface area contributed by atoms with E-state index in [0.717, 1.165) is 35.9 Å². The molecule has 0 spiro atoms. The summed E-state index contributed by atoms with van der Waals surface area (Å²) in [6.45, 7) is 6.90. The average Bonchev–Trinajstić information content (AvgIpc) is 3.10. The second-order valence-corrected chi connectivity index (χ2v) is 7.67. The fourth-order valence-electron chi connectivity index (χ4n) is 3.43. The van der Waals surface area contributed by atoms with Crippen molar-refractivity contribution in [2.75, 3.05) is 31.1 Å². The molecule has 1 saturated heterocycles. The highest BCUT2D eigenvalue weighted by atomic mass is 35.5. The average molecular weight is 427 g/mol. The van der Waals surface area contributed by atoms with Crippen molar-refractivity contribution in [2.45, 2.75) is 20.5 Å². The number of aryl methyl sites for hydroxylation is 2. The van der Waals surface area contributed by atoms with Crippen molar-refractivity contribution >= 4 is 23.3 Å². The molecular weight excluding hydrogens is 404 g/mol. The van der Waals surface area contributed by atoms with Gasteiger partial charge in [-0.3, -0.25) is 4.79 Å². The van der Waals surface area contributed by atoms with Crippen LogP contribution in [0.5, 0.6) is 5.75 Å². The summed E-state index contributed by atoms with van der Waals surface area (Å²) < 4.78 is 11.0. The molecule has 1 aliphatic rings. The van der Waals surface area contributed by atoms with Crippen LogP contribution in [0.15, 0.2) is 47.1 Å². The highest BCUT2D eigenvalue weighted by molar-refractivity contribution is 6.30. The zero-order valence-corrected chi connectivity index (χ0v) is 17.7. The zero-order valence-electron chi connectivity index (χ0n) is 17.0. The van der Waals surface area contributed by atoms with Crippen molar-refractivity contribution in [1.29, 1.82) is 0 Å². The van der Waals surface area contributed by atoms with E-state index >= 15 is 0 Å². The molecule has 30 heavy (non-hydrogen) atoms. The second kappa shape index (κ2) is 8.75. The molecule has 0 atom stereocenters. The molecule has 0 bridgehead atoms. The van der Waals surface area contributed by atoms with Crippen molar-refractivity contribution in [3.63, 3.8) is 0 Å². The topological polar surface area (TPSA) is 71.7 Å². The lowest BCUT2D eigenvalue weighted by Gasteiger charge is -2.35. The van der Waals surface area contributed by atoms with Gasteiger partial charge in [-0.15, -0.1) is 0 Å². The summed E-state index contributed by atoms with van der Waals surface area (Å²) in [5, 5.41) is 4.54. The minimum atomic E-state index is 0.0241. The van der Waals surface area contributed by atoms with E-state index in [2.05, 4.69) is 15.0 Å². The quantitative estimate of drug-likeness (QED) is 0.616. The minimum absolute atomic E-state index is 0.0241. The van der Waals surface area contributed by atoms with E-state index in [0.29, 0.717) is 36.0 Å². The highest BCUT2D eigenvalue weighted by Crippen LogP contribution is 2.20. The number of anilines is 1. The van der Waals surface area contributed by atoms with Crippen LogP contribution < -0.4 is 9.64 Å². The Labute approximate surface area is 180 Å². The molecule has 1 aliphatic heterocycles. The van der Waals surface area contributed by atoms with Gasteiger partial charge in [-0.05, 0) is 50.2 Å². The smallest absolute Gasteiger partial charge is 0.253 e. The molecular formula is C22H23ClN4O3. The fraction of sp³-hybridized carbons (Fsp3) is 0.318. The molecule has 0 unspecified atom stereocenters. The van der Waals surface area contributed by atoms with Crippen molar-refractivity contribution in [3.05, 3.63) is 70.2 Å². The molecule has 3 aromatic rings. The molecule has 1 aromatic carbocycles. The molecule has 1 fully saturated rings. The third-order valence-corrected chi connectivity index (χ3v) is 5.49. The van der Waals surface area contributed by atoms with Gasteiger partial charge in [0.15, 0.2) is 0 Å². The summed E-state index contributed by atoms with van der Waals surface area (Å²) in [7, 11) is 0. The van der Waals surface area contributed by atoms with Gasteiger partial charge in [0.25, 0.3) is 5.91 Å². The Hall–Kier alpha value is -3.06. The molecule has 0 aliphatic carbocycles. The summed E-state index contributed by atoms with van der Waals surface area (Å²) in [6.07, 6.45) is 1.64. The Morgan fingerprint density at radius 3 is 2.43 bits per heavy atom. The van der Waals surface area contributed by atoms with E-state index in [4.69, 9.17) is 20.9 Å². The Morgan fingerprint density at radius 2 is 1.83 bits per heavy atom. The molecule has 156 valence electrons. The summed E-state index contributed by atoms with van der Waals surface area (Å²) in [4.78, 5) is 21.2. The lowest BCUT2D eigenvalue weighted by Crippen LogP contribution is -2.49. The predicted octanol–water partition coefficient (Wildman–Crippen LogP) is 3.88. The van der Waals surface area contributed by atoms with Crippen LogP contribution >= 0.6 is 11.6 Å². The number of aromatic nitrogens is 2. The lowest BCUT2D eigenvalue weighted by atomic mass is 10.1. The van der Waals surface area contributed by atoms with Crippen molar-refractivity contribution < 1.29 is 14.1 Å². The van der Waals surface area contributed by atoms with Crippen LogP contribution in [0.1, 0.15) is 27.4 Å². The number of ether oxygens (including phenoxy) is 1. The van der Waals surface area contributed by atoms with Crippen LogP contribution in [-0.2, 0) is 6.61 Å². The maximum Gasteiger partial charge on any atom is 0.253 e. The van der Waals surface area contributed by atoms with Gasteiger partial charge in [-0.25, -0.2) is 4.98 Å². The zero-order chi connectivity index (χ0) is 21.1. The van der Waals surface area contributed by atoms with Crippen LogP contribution in [0.25, 0.3) is 0 Å². The second-order valence-electron chi connectivity index (χ2n) is 7.23. The first kappa shape index (κ1) is 20.2. The summed E-state index contributed by atoms with van der Waals surface area (Å²) in [6, 6.07) is 11.0. The van der Waals surface area contributed by atoms with Crippen molar-refractivity contribution in [2.24, 2.45) is 0 Å². The monoisotopic (exact) mass is 426 g/mol. The van der Waals surface area contributed by atoms with E-state index < -0.39 is 0 Å². The van der Waals surface area contributed by atoms with E-state index in [1.54, 1.807) is 18.3 Å². The lowest BCUT2D eigenvalue weighted by molar-refractivity contribution is 0.0746. The Bertz CT molecular complexity index is 990. The maximum absolute atomic E-state index is 12.8. The SMILES string of the molecule is Cc1noc(C)c1COc1ccc(C(=O)N2CCN(c3ccc(Cl)cn3)CC2)cc1. The van der Waals surface area contributed by atoms with Gasteiger partial charge in [0.2, 0.25) is 0 Å². The van der Waals surface area contributed by atoms with Gasteiger partial charge in [-0.1, -0.05) is 16.8 Å². The van der Waals surface area contributed by atoms with Gasteiger partial charge >= 0.3 is 0 Å². The van der Waals surface area contributed by atoms with E-state index in [-0.39, 0.29) is 5.91 Å². The molecule has 1 amide bonds. The first-order chi connectivity index (χ1) is 14.5. The first-order valence-electron chi connectivity index (χ1n) is 9.81. The predicted molar refractivity (Wildman–Crippen MR) is 114 cm³/mol. The van der Waals surface area contributed by atoms with Crippen molar-refractivity contribution in [1.82, 2.24) is 15.0 Å². The fourth-order valence-corrected chi connectivity index (χ4v) is 3.55. The number of rotatable bonds is 5. The van der Waals surface area contributed by atoms with Gasteiger partial charge < -0.3 is 19.1 Å². The number of hydrogen-bond donors (Lipinski definition) is 0. The number of nitrogens with zero attached hydrogens (tertiary/aromatic N) is 4. The molecule has 2 aromatic heterocycles. The van der Waals surface area contributed by atoms with Gasteiger partial charge in [0.05, 0.1) is 16.3 Å². The maximum atomic E-state index is 12.8. The molecule has 0 radical (unpaired) electrons. The Morgan fingerprint density at radius 1 is 1.10 bits per heavy atom. The highest BCUT2D eigenvalue weighted by Gasteiger charge is 2.23. The Balaban J connectivity index is 1.32. The van der Waals surface area contributed by atoms with Gasteiger partial charge in [0.1, 0.15) is 23.9 Å². The molecule has 3 heterocycles. The number of carbonyl (C=O) groups is 1. The van der Waals surface area contributed by atoms with Crippen LogP contribution in [0, 0.1) is 13.8 Å². The van der Waals surface area contributed by atoms with Gasteiger partial charge in [0, 0.05) is 37.9 Å². The van der Waals surface area contributed by atoms with E-state index in [1.807, 2.05) is 43.0 Å². The van der Waals surface area contributed by atoms with Crippen LogP contribution in [0.4, 0.5) is 5.82 Å². The number of amides is 1. The number of pyridine rings is 1. The van der Waals surface area contributed by atoms with Crippen molar-refractivity contribution in [3.8, 4) is 5.75 Å². The molecule has 0 saturated carbocycles. The number of carbonyl (C=O) groups excluding carboxylic acids is 1. The summed E-state index contributed by atoms with van der Waals surface area (Å²) in [5.41, 5.74) is 2.42. The summed E-state index contributed by atoms with van der Waals surface area (Å²) in [5.74, 6) is 2.36. The normalized spacial score (nSPS) is 14.1. The molecule has 4 rings (SSSR count). The number of benzene rings is 1. The van der Waals surface area contributed by atoms with Crippen LogP contribution in [0.3, 0.4) is 0 Å². The first-order valence-corrected chi connectivity index (χ1v) is 10.2. The largest absolute Gasteiger partial charge is 0.489 e. The third kappa shape index (κ3) is 4.41. The van der Waals surface area contributed by atoms with Gasteiger partial charge in [-0.2, -0.15) is 0 Å². The minimum Gasteiger partial charge on any atom is -0.489 e. The summed E-state index contributed by atoms with van der Waals surface area (Å²) >= 11 is 5.90. The third-order valence-electron chi connectivity index (χ3n) is 5.27. The van der Waals surface area contributed by atoms with E-state index in [9.17, 15) is 4.79 Å². The molecule has 7 nitrogen and oxygen atoms in total. The number of piperazine rings is 1. The Kier molecular flexibility index (Phi) is 5.90. The van der Waals surface area contributed by atoms with Crippen LogP contribution in [-0.4, -0.2) is 47.1 Å². The number of hydrogen-bond acceptors (Lipinski definition) is 6.